The van der Waals surface area contributed by atoms with Gasteiger partial charge >= 0.3 is 0 Å². The minimum atomic E-state index is -0.730. The maximum atomic E-state index is 10.9. The summed E-state index contributed by atoms with van der Waals surface area (Å²) in [6, 6.07) is 10.4. The molecule has 21 heavy (non-hydrogen) atoms. The highest BCUT2D eigenvalue weighted by Crippen LogP contribution is 2.39. The number of benzene rings is 1. The van der Waals surface area contributed by atoms with E-state index in [0.717, 1.165) is 50.8 Å². The van der Waals surface area contributed by atoms with E-state index in [1.165, 1.54) is 0 Å². The number of nitrogens with zero attached hydrogens (tertiary/aromatic N) is 2. The molecule has 0 unspecified atom stereocenters. The molecule has 1 aromatic carbocycles. The zero-order valence-corrected chi connectivity index (χ0v) is 12.3. The summed E-state index contributed by atoms with van der Waals surface area (Å²) < 4.78 is 0. The zero-order valence-electron chi connectivity index (χ0n) is 12.3. The largest absolute Gasteiger partial charge is 0.385 e. The lowest BCUT2D eigenvalue weighted by Gasteiger charge is -2.40. The first-order chi connectivity index (χ1) is 10.1. The van der Waals surface area contributed by atoms with Gasteiger partial charge in [0.1, 0.15) is 0 Å². The van der Waals surface area contributed by atoms with Crippen molar-refractivity contribution in [2.45, 2.75) is 49.8 Å². The molecule has 0 amide bonds. The van der Waals surface area contributed by atoms with Crippen LogP contribution in [0.3, 0.4) is 0 Å². The second kappa shape index (κ2) is 5.76. The SMILES string of the molecule is N#Cc1ccc(C2(O)CCC(N3CC[C@@H](N)C3)CC2)cc1. The molecule has 0 spiro atoms. The molecule has 1 aliphatic carbocycles. The predicted molar refractivity (Wildman–Crippen MR) is 81.5 cm³/mol. The Morgan fingerprint density at radius 1 is 1.19 bits per heavy atom. The lowest BCUT2D eigenvalue weighted by atomic mass is 9.77. The topological polar surface area (TPSA) is 73.3 Å². The van der Waals surface area contributed by atoms with Crippen molar-refractivity contribution in [3.63, 3.8) is 0 Å². The molecular formula is C17H23N3O. The molecule has 1 aromatic rings. The molecule has 3 N–H and O–H groups in total. The highest BCUT2D eigenvalue weighted by Gasteiger charge is 2.37. The van der Waals surface area contributed by atoms with Crippen molar-refractivity contribution >= 4 is 0 Å². The standard InChI is InChI=1S/C17H23N3O/c18-11-13-1-3-14(4-2-13)17(21)8-5-16(6-9-17)20-10-7-15(19)12-20/h1-4,15-16,21H,5-10,12,19H2/t15-,16?,17?/m1/s1. The second-order valence-corrected chi connectivity index (χ2v) is 6.50. The van der Waals surface area contributed by atoms with E-state index < -0.39 is 5.60 Å². The van der Waals surface area contributed by atoms with Crippen LogP contribution in [-0.2, 0) is 5.60 Å². The molecule has 4 nitrogen and oxygen atoms in total. The van der Waals surface area contributed by atoms with Crippen molar-refractivity contribution < 1.29 is 5.11 Å². The fourth-order valence-corrected chi connectivity index (χ4v) is 3.74. The van der Waals surface area contributed by atoms with Crippen molar-refractivity contribution in [3.05, 3.63) is 35.4 Å². The second-order valence-electron chi connectivity index (χ2n) is 6.50. The number of likely N-dealkylation sites (tertiary alicyclic amines) is 1. The molecule has 1 heterocycles. The minimum absolute atomic E-state index is 0.323. The van der Waals surface area contributed by atoms with Gasteiger partial charge in [-0.1, -0.05) is 12.1 Å². The van der Waals surface area contributed by atoms with Crippen LogP contribution in [-0.4, -0.2) is 35.2 Å². The van der Waals surface area contributed by atoms with E-state index in [1.807, 2.05) is 12.1 Å². The highest BCUT2D eigenvalue weighted by atomic mass is 16.3. The molecule has 1 aliphatic heterocycles. The smallest absolute Gasteiger partial charge is 0.0991 e. The van der Waals surface area contributed by atoms with Crippen LogP contribution in [0, 0.1) is 11.3 Å². The van der Waals surface area contributed by atoms with Gasteiger partial charge in [-0.3, -0.25) is 4.90 Å². The molecular weight excluding hydrogens is 262 g/mol. The Balaban J connectivity index is 1.64. The lowest BCUT2D eigenvalue weighted by Crippen LogP contribution is -2.42. The van der Waals surface area contributed by atoms with Gasteiger partial charge < -0.3 is 10.8 Å². The number of rotatable bonds is 2. The van der Waals surface area contributed by atoms with Crippen molar-refractivity contribution in [2.75, 3.05) is 13.1 Å². The van der Waals surface area contributed by atoms with E-state index in [1.54, 1.807) is 12.1 Å². The first kappa shape index (κ1) is 14.5. The number of hydrogen-bond acceptors (Lipinski definition) is 4. The number of nitrogens with two attached hydrogens (primary N) is 1. The van der Waals surface area contributed by atoms with Crippen molar-refractivity contribution in [1.82, 2.24) is 4.90 Å². The lowest BCUT2D eigenvalue weighted by molar-refractivity contribution is -0.0222. The quantitative estimate of drug-likeness (QED) is 0.868. The number of nitriles is 1. The molecule has 0 aromatic heterocycles. The summed E-state index contributed by atoms with van der Waals surface area (Å²) in [6.45, 7) is 2.10. The third-order valence-electron chi connectivity index (χ3n) is 5.11. The number of hydrogen-bond donors (Lipinski definition) is 2. The predicted octanol–water partition coefficient (Wildman–Crippen LogP) is 1.72. The molecule has 0 radical (unpaired) electrons. The van der Waals surface area contributed by atoms with Crippen LogP contribution < -0.4 is 5.73 Å². The van der Waals surface area contributed by atoms with Crippen molar-refractivity contribution in [2.24, 2.45) is 5.73 Å². The normalized spacial score (nSPS) is 33.8. The summed E-state index contributed by atoms with van der Waals surface area (Å²) in [5.74, 6) is 0. The van der Waals surface area contributed by atoms with Gasteiger partial charge in [-0.15, -0.1) is 0 Å². The molecule has 1 saturated heterocycles. The number of aliphatic hydroxyl groups is 1. The third kappa shape index (κ3) is 2.96. The maximum Gasteiger partial charge on any atom is 0.0991 e. The van der Waals surface area contributed by atoms with Gasteiger partial charge in [0.2, 0.25) is 0 Å². The summed E-state index contributed by atoms with van der Waals surface area (Å²) >= 11 is 0. The Bertz CT molecular complexity index is 526. The van der Waals surface area contributed by atoms with Gasteiger partial charge in [0.25, 0.3) is 0 Å². The van der Waals surface area contributed by atoms with Crippen molar-refractivity contribution in [3.8, 4) is 6.07 Å². The van der Waals surface area contributed by atoms with E-state index in [0.29, 0.717) is 17.6 Å². The Kier molecular flexibility index (Phi) is 3.99. The molecule has 1 saturated carbocycles. The molecule has 2 aliphatic rings. The average Bonchev–Trinajstić information content (AvgIpc) is 2.94. The first-order valence-corrected chi connectivity index (χ1v) is 7.83. The summed E-state index contributed by atoms with van der Waals surface area (Å²) in [5, 5.41) is 19.7. The molecule has 0 bridgehead atoms. The van der Waals surface area contributed by atoms with Gasteiger partial charge in [-0.25, -0.2) is 0 Å². The van der Waals surface area contributed by atoms with Crippen LogP contribution >= 0.6 is 0 Å². The Labute approximate surface area is 126 Å². The molecule has 112 valence electrons. The van der Waals surface area contributed by atoms with Gasteiger partial charge in [-0.05, 0) is 49.8 Å². The molecule has 3 rings (SSSR count). The fraction of sp³-hybridized carbons (Fsp3) is 0.588. The summed E-state index contributed by atoms with van der Waals surface area (Å²) in [6.07, 6.45) is 4.70. The third-order valence-corrected chi connectivity index (χ3v) is 5.11. The summed E-state index contributed by atoms with van der Waals surface area (Å²) in [4.78, 5) is 2.49. The van der Waals surface area contributed by atoms with E-state index in [-0.39, 0.29) is 0 Å². The van der Waals surface area contributed by atoms with Crippen LogP contribution in [0.15, 0.2) is 24.3 Å². The minimum Gasteiger partial charge on any atom is -0.385 e. The Hall–Kier alpha value is -1.41. The summed E-state index contributed by atoms with van der Waals surface area (Å²) in [5.41, 5.74) is 6.84. The first-order valence-electron chi connectivity index (χ1n) is 7.83. The average molecular weight is 285 g/mol. The van der Waals surface area contributed by atoms with Gasteiger partial charge in [0.05, 0.1) is 17.2 Å². The van der Waals surface area contributed by atoms with Crippen LogP contribution in [0.1, 0.15) is 43.2 Å². The van der Waals surface area contributed by atoms with E-state index >= 15 is 0 Å². The Morgan fingerprint density at radius 3 is 2.38 bits per heavy atom. The van der Waals surface area contributed by atoms with Crippen LogP contribution in [0.5, 0.6) is 0 Å². The van der Waals surface area contributed by atoms with Crippen LogP contribution in [0.25, 0.3) is 0 Å². The van der Waals surface area contributed by atoms with Gasteiger partial charge in [0.15, 0.2) is 0 Å². The summed E-state index contributed by atoms with van der Waals surface area (Å²) in [7, 11) is 0. The maximum absolute atomic E-state index is 10.9. The van der Waals surface area contributed by atoms with Gasteiger partial charge in [-0.2, -0.15) is 5.26 Å². The fourth-order valence-electron chi connectivity index (χ4n) is 3.74. The van der Waals surface area contributed by atoms with Crippen molar-refractivity contribution in [1.29, 1.82) is 5.26 Å². The molecule has 4 heteroatoms. The Morgan fingerprint density at radius 2 is 1.86 bits per heavy atom. The van der Waals surface area contributed by atoms with Crippen LogP contribution in [0.2, 0.25) is 0 Å². The van der Waals surface area contributed by atoms with E-state index in [9.17, 15) is 5.11 Å². The zero-order chi connectivity index (χ0) is 14.9. The van der Waals surface area contributed by atoms with Crippen LogP contribution in [0.4, 0.5) is 0 Å². The van der Waals surface area contributed by atoms with E-state index in [4.69, 9.17) is 11.0 Å². The molecule has 2 fully saturated rings. The highest BCUT2D eigenvalue weighted by molar-refractivity contribution is 5.34. The van der Waals surface area contributed by atoms with E-state index in [2.05, 4.69) is 11.0 Å². The van der Waals surface area contributed by atoms with Gasteiger partial charge in [0, 0.05) is 25.2 Å². The monoisotopic (exact) mass is 285 g/mol. The molecule has 1 atom stereocenters.